The van der Waals surface area contributed by atoms with Gasteiger partial charge in [-0.05, 0) is 41.0 Å². The van der Waals surface area contributed by atoms with Crippen LogP contribution in [0.3, 0.4) is 0 Å². The van der Waals surface area contributed by atoms with E-state index in [4.69, 9.17) is 4.98 Å². The van der Waals surface area contributed by atoms with Gasteiger partial charge in [0, 0.05) is 26.2 Å². The molecule has 0 spiro atoms. The summed E-state index contributed by atoms with van der Waals surface area (Å²) in [6.45, 7) is 4.32. The van der Waals surface area contributed by atoms with E-state index >= 15 is 0 Å². The van der Waals surface area contributed by atoms with Gasteiger partial charge in [0.05, 0.1) is 23.6 Å². The van der Waals surface area contributed by atoms with Gasteiger partial charge in [-0.1, -0.05) is 84.9 Å². The Hall–Kier alpha value is -3.96. The van der Waals surface area contributed by atoms with Crippen LogP contribution in [-0.2, 0) is 6.54 Å². The summed E-state index contributed by atoms with van der Waals surface area (Å²) in [6, 6.07) is 36.8. The highest BCUT2D eigenvalue weighted by Crippen LogP contribution is 2.31. The number of hydrogen-bond acceptors (Lipinski definition) is 3. The van der Waals surface area contributed by atoms with E-state index in [9.17, 15) is 4.39 Å². The summed E-state index contributed by atoms with van der Waals surface area (Å²) in [4.78, 5) is 10.0. The van der Waals surface area contributed by atoms with Crippen molar-refractivity contribution in [2.24, 2.45) is 0 Å². The topological polar surface area (TPSA) is 24.3 Å². The van der Waals surface area contributed by atoms with Crippen molar-refractivity contribution in [1.82, 2.24) is 14.5 Å². The Balaban J connectivity index is 1.28. The average molecular weight is 477 g/mol. The van der Waals surface area contributed by atoms with Gasteiger partial charge in [0.2, 0.25) is 5.95 Å². The Morgan fingerprint density at radius 2 is 1.25 bits per heavy atom. The largest absolute Gasteiger partial charge is 0.340 e. The standard InChI is InChI=1S/C31H29FN4/c32-27-17-15-24(16-18-27)23-36-29-14-8-7-13-28(29)33-31(36)35-21-19-34(20-22-35)30(25-9-3-1-4-10-25)26-11-5-2-6-12-26/h1-18,30H,19-23H2. The molecule has 6 rings (SSSR count). The van der Waals surface area contributed by atoms with Crippen molar-refractivity contribution in [1.29, 1.82) is 0 Å². The van der Waals surface area contributed by atoms with Crippen molar-refractivity contribution < 1.29 is 4.39 Å². The molecule has 36 heavy (non-hydrogen) atoms. The lowest BCUT2D eigenvalue weighted by Crippen LogP contribution is -2.48. The van der Waals surface area contributed by atoms with Gasteiger partial charge in [-0.3, -0.25) is 4.90 Å². The fourth-order valence-corrected chi connectivity index (χ4v) is 5.30. The Morgan fingerprint density at radius 3 is 1.89 bits per heavy atom. The molecule has 0 saturated carbocycles. The molecule has 1 fully saturated rings. The van der Waals surface area contributed by atoms with E-state index in [1.807, 2.05) is 18.2 Å². The normalized spacial score (nSPS) is 14.6. The minimum atomic E-state index is -0.211. The molecule has 4 aromatic carbocycles. The molecule has 4 nitrogen and oxygen atoms in total. The van der Waals surface area contributed by atoms with Crippen molar-refractivity contribution in [2.75, 3.05) is 31.1 Å². The van der Waals surface area contributed by atoms with Crippen molar-refractivity contribution >= 4 is 17.0 Å². The van der Waals surface area contributed by atoms with Crippen LogP contribution in [0, 0.1) is 5.82 Å². The van der Waals surface area contributed by atoms with Gasteiger partial charge in [-0.2, -0.15) is 0 Å². The van der Waals surface area contributed by atoms with Crippen molar-refractivity contribution in [2.45, 2.75) is 12.6 Å². The summed E-state index contributed by atoms with van der Waals surface area (Å²) >= 11 is 0. The molecule has 0 aliphatic carbocycles. The fourth-order valence-electron chi connectivity index (χ4n) is 5.30. The highest BCUT2D eigenvalue weighted by molar-refractivity contribution is 5.79. The van der Waals surface area contributed by atoms with Crippen LogP contribution >= 0.6 is 0 Å². The zero-order valence-electron chi connectivity index (χ0n) is 20.2. The summed E-state index contributed by atoms with van der Waals surface area (Å²) in [5, 5.41) is 0. The lowest BCUT2D eigenvalue weighted by Gasteiger charge is -2.40. The zero-order chi connectivity index (χ0) is 24.3. The zero-order valence-corrected chi connectivity index (χ0v) is 20.2. The molecule has 1 aromatic heterocycles. The van der Waals surface area contributed by atoms with Crippen molar-refractivity contribution in [3.63, 3.8) is 0 Å². The summed E-state index contributed by atoms with van der Waals surface area (Å²) < 4.78 is 15.8. The van der Waals surface area contributed by atoms with Gasteiger partial charge in [-0.25, -0.2) is 9.37 Å². The Kier molecular flexibility index (Phi) is 6.22. The first-order chi connectivity index (χ1) is 17.8. The van der Waals surface area contributed by atoms with Crippen molar-refractivity contribution in [3.05, 3.63) is 132 Å². The van der Waals surface area contributed by atoms with Crippen LogP contribution in [-0.4, -0.2) is 40.6 Å². The minimum Gasteiger partial charge on any atom is -0.340 e. The van der Waals surface area contributed by atoms with E-state index < -0.39 is 0 Å². The molecular weight excluding hydrogens is 447 g/mol. The first-order valence-electron chi connectivity index (χ1n) is 12.5. The van der Waals surface area contributed by atoms with E-state index in [-0.39, 0.29) is 11.9 Å². The SMILES string of the molecule is Fc1ccc(Cn2c(N3CCN(C(c4ccccc4)c4ccccc4)CC3)nc3ccccc32)cc1. The number of piperazine rings is 1. The average Bonchev–Trinajstić information content (AvgIpc) is 3.30. The Bertz CT molecular complexity index is 1380. The summed E-state index contributed by atoms with van der Waals surface area (Å²) in [6.07, 6.45) is 0. The molecule has 0 radical (unpaired) electrons. The predicted molar refractivity (Wildman–Crippen MR) is 144 cm³/mol. The molecule has 0 unspecified atom stereocenters. The predicted octanol–water partition coefficient (Wildman–Crippen LogP) is 6.14. The summed E-state index contributed by atoms with van der Waals surface area (Å²) in [5.41, 5.74) is 5.79. The van der Waals surface area contributed by atoms with Crippen LogP contribution in [0.25, 0.3) is 11.0 Å². The van der Waals surface area contributed by atoms with Gasteiger partial charge in [0.15, 0.2) is 0 Å². The molecule has 1 saturated heterocycles. The summed E-state index contributed by atoms with van der Waals surface area (Å²) in [7, 11) is 0. The van der Waals surface area contributed by atoms with E-state index in [0.29, 0.717) is 6.54 Å². The molecule has 1 aliphatic heterocycles. The number of halogens is 1. The maximum absolute atomic E-state index is 13.5. The van der Waals surface area contributed by atoms with E-state index in [0.717, 1.165) is 48.7 Å². The molecule has 0 bridgehead atoms. The molecule has 5 aromatic rings. The quantitative estimate of drug-likeness (QED) is 0.294. The second-order valence-electron chi connectivity index (χ2n) is 9.36. The molecule has 2 heterocycles. The van der Waals surface area contributed by atoms with Gasteiger partial charge >= 0.3 is 0 Å². The van der Waals surface area contributed by atoms with Gasteiger partial charge < -0.3 is 9.47 Å². The van der Waals surface area contributed by atoms with Crippen LogP contribution in [0.1, 0.15) is 22.7 Å². The third kappa shape index (κ3) is 4.50. The van der Waals surface area contributed by atoms with Crippen LogP contribution in [0.5, 0.6) is 0 Å². The molecule has 0 N–H and O–H groups in total. The lowest BCUT2D eigenvalue weighted by molar-refractivity contribution is 0.211. The third-order valence-electron chi connectivity index (χ3n) is 7.08. The second kappa shape index (κ2) is 9.96. The van der Waals surface area contributed by atoms with Gasteiger partial charge in [0.1, 0.15) is 5.82 Å². The maximum atomic E-state index is 13.5. The molecule has 180 valence electrons. The number of benzene rings is 4. The van der Waals surface area contributed by atoms with Gasteiger partial charge in [0.25, 0.3) is 0 Å². The van der Waals surface area contributed by atoms with Crippen LogP contribution in [0.15, 0.2) is 109 Å². The first-order valence-corrected chi connectivity index (χ1v) is 12.5. The summed E-state index contributed by atoms with van der Waals surface area (Å²) in [5.74, 6) is 0.771. The fraction of sp³-hybridized carbons (Fsp3) is 0.194. The number of aromatic nitrogens is 2. The number of nitrogens with zero attached hydrogens (tertiary/aromatic N) is 4. The minimum absolute atomic E-state index is 0.211. The molecular formula is C31H29FN4. The van der Waals surface area contributed by atoms with Crippen molar-refractivity contribution in [3.8, 4) is 0 Å². The Morgan fingerprint density at radius 1 is 0.667 bits per heavy atom. The molecule has 5 heteroatoms. The molecule has 1 aliphatic rings. The smallest absolute Gasteiger partial charge is 0.206 e. The van der Waals surface area contributed by atoms with Crippen LogP contribution in [0.2, 0.25) is 0 Å². The maximum Gasteiger partial charge on any atom is 0.206 e. The number of anilines is 1. The third-order valence-corrected chi connectivity index (χ3v) is 7.08. The van der Waals surface area contributed by atoms with Crippen LogP contribution < -0.4 is 4.90 Å². The monoisotopic (exact) mass is 476 g/mol. The highest BCUT2D eigenvalue weighted by atomic mass is 19.1. The Labute approximate surface area is 211 Å². The van der Waals surface area contributed by atoms with Crippen LogP contribution in [0.4, 0.5) is 10.3 Å². The van der Waals surface area contributed by atoms with E-state index in [1.54, 1.807) is 0 Å². The van der Waals surface area contributed by atoms with E-state index in [1.165, 1.54) is 23.3 Å². The number of fused-ring (bicyclic) bond motifs is 1. The number of rotatable bonds is 6. The highest BCUT2D eigenvalue weighted by Gasteiger charge is 2.28. The molecule has 0 amide bonds. The second-order valence-corrected chi connectivity index (χ2v) is 9.36. The van der Waals surface area contributed by atoms with Gasteiger partial charge in [-0.15, -0.1) is 0 Å². The lowest BCUT2D eigenvalue weighted by atomic mass is 9.96. The number of para-hydroxylation sites is 2. The number of imidazole rings is 1. The van der Waals surface area contributed by atoms with E-state index in [2.05, 4.69) is 93.2 Å². The first kappa shape index (κ1) is 22.5. The number of hydrogen-bond donors (Lipinski definition) is 0. The molecule has 0 atom stereocenters.